The van der Waals surface area contributed by atoms with E-state index in [1.165, 1.54) is 4.90 Å². The number of aliphatic hydroxyl groups is 1. The number of ether oxygens (including phenoxy) is 2. The fourth-order valence-corrected chi connectivity index (χ4v) is 2.73. The summed E-state index contributed by atoms with van der Waals surface area (Å²) in [4.78, 5) is 25.4. The summed E-state index contributed by atoms with van der Waals surface area (Å²) in [5.74, 6) is -0.0429. The molecule has 0 saturated carbocycles. The molecule has 0 aliphatic carbocycles. The molecule has 29 heavy (non-hydrogen) atoms. The molecule has 2 rings (SSSR count). The Labute approximate surface area is 176 Å². The maximum absolute atomic E-state index is 12.1. The minimum absolute atomic E-state index is 0.0722. The number of esters is 1. The van der Waals surface area contributed by atoms with Gasteiger partial charge in [0.2, 0.25) is 0 Å². The molecule has 156 valence electrons. The second kappa shape index (κ2) is 9.76. The van der Waals surface area contributed by atoms with Crippen LogP contribution in [0.4, 0.5) is 4.79 Å². The zero-order valence-electron chi connectivity index (χ0n) is 17.0. The van der Waals surface area contributed by atoms with Gasteiger partial charge in [-0.1, -0.05) is 35.9 Å². The van der Waals surface area contributed by atoms with Crippen LogP contribution in [0, 0.1) is 0 Å². The van der Waals surface area contributed by atoms with Crippen molar-refractivity contribution in [3.8, 4) is 5.75 Å². The van der Waals surface area contributed by atoms with E-state index in [9.17, 15) is 14.7 Å². The predicted molar refractivity (Wildman–Crippen MR) is 111 cm³/mol. The Balaban J connectivity index is 1.90. The Kier molecular flexibility index (Phi) is 7.65. The van der Waals surface area contributed by atoms with Crippen LogP contribution in [0.3, 0.4) is 0 Å². The third kappa shape index (κ3) is 7.75. The number of amides is 1. The van der Waals surface area contributed by atoms with E-state index in [1.54, 1.807) is 76.3 Å². The van der Waals surface area contributed by atoms with Gasteiger partial charge in [-0.25, -0.2) is 4.79 Å². The minimum atomic E-state index is -0.899. The lowest BCUT2D eigenvalue weighted by molar-refractivity contribution is -0.133. The Morgan fingerprint density at radius 2 is 1.79 bits per heavy atom. The van der Waals surface area contributed by atoms with Gasteiger partial charge in [-0.05, 0) is 56.2 Å². The summed E-state index contributed by atoms with van der Waals surface area (Å²) in [7, 11) is 1.56. The zero-order chi connectivity index (χ0) is 21.6. The molecule has 0 fully saturated rings. The number of aliphatic hydroxyl groups excluding tert-OH is 1. The molecule has 6 nitrogen and oxygen atoms in total. The highest BCUT2D eigenvalue weighted by molar-refractivity contribution is 6.30. The molecular formula is C22H26ClNO5. The second-order valence-corrected chi connectivity index (χ2v) is 8.16. The zero-order valence-corrected chi connectivity index (χ0v) is 17.8. The predicted octanol–water partition coefficient (Wildman–Crippen LogP) is 4.39. The third-order valence-corrected chi connectivity index (χ3v) is 4.12. The Morgan fingerprint density at radius 3 is 2.38 bits per heavy atom. The van der Waals surface area contributed by atoms with Crippen molar-refractivity contribution in [1.82, 2.24) is 4.90 Å². The normalized spacial score (nSPS) is 12.2. The molecule has 1 atom stereocenters. The number of carbonyl (C=O) groups is 2. The summed E-state index contributed by atoms with van der Waals surface area (Å²) in [6, 6.07) is 13.5. The lowest BCUT2D eigenvalue weighted by Gasteiger charge is -2.26. The van der Waals surface area contributed by atoms with E-state index < -0.39 is 23.8 Å². The van der Waals surface area contributed by atoms with Crippen molar-refractivity contribution in [2.24, 2.45) is 0 Å². The molecular weight excluding hydrogens is 394 g/mol. The van der Waals surface area contributed by atoms with E-state index in [1.807, 2.05) is 0 Å². The second-order valence-electron chi connectivity index (χ2n) is 7.73. The fraction of sp³-hybridized carbons (Fsp3) is 0.364. The molecule has 0 saturated heterocycles. The van der Waals surface area contributed by atoms with Crippen molar-refractivity contribution < 1.29 is 24.2 Å². The molecule has 0 aromatic heterocycles. The van der Waals surface area contributed by atoms with Crippen LogP contribution < -0.4 is 4.74 Å². The number of rotatable bonds is 6. The van der Waals surface area contributed by atoms with Crippen LogP contribution in [0.5, 0.6) is 5.75 Å². The van der Waals surface area contributed by atoms with Crippen LogP contribution in [-0.2, 0) is 16.0 Å². The lowest BCUT2D eigenvalue weighted by Crippen LogP contribution is -2.36. The molecule has 0 radical (unpaired) electrons. The van der Waals surface area contributed by atoms with E-state index in [2.05, 4.69) is 0 Å². The molecule has 1 N–H and O–H groups in total. The van der Waals surface area contributed by atoms with E-state index >= 15 is 0 Å². The van der Waals surface area contributed by atoms with Gasteiger partial charge in [0.25, 0.3) is 0 Å². The molecule has 0 aliphatic rings. The molecule has 0 spiro atoms. The first kappa shape index (κ1) is 22.7. The molecule has 1 amide bonds. The van der Waals surface area contributed by atoms with Crippen LogP contribution in [0.2, 0.25) is 5.02 Å². The van der Waals surface area contributed by atoms with Crippen LogP contribution in [0.1, 0.15) is 38.0 Å². The first-order chi connectivity index (χ1) is 13.5. The van der Waals surface area contributed by atoms with Crippen molar-refractivity contribution in [2.45, 2.75) is 38.9 Å². The largest absolute Gasteiger partial charge is 0.444 e. The smallest absolute Gasteiger partial charge is 0.410 e. The van der Waals surface area contributed by atoms with Crippen molar-refractivity contribution >= 4 is 23.7 Å². The average molecular weight is 420 g/mol. The van der Waals surface area contributed by atoms with E-state index in [0.717, 1.165) is 5.56 Å². The molecule has 0 bridgehead atoms. The summed E-state index contributed by atoms with van der Waals surface area (Å²) in [5, 5.41) is 10.9. The fourth-order valence-electron chi connectivity index (χ4n) is 2.52. The van der Waals surface area contributed by atoms with Crippen LogP contribution in [0.15, 0.2) is 48.5 Å². The summed E-state index contributed by atoms with van der Waals surface area (Å²) in [6.07, 6.45) is -1.31. The summed E-state index contributed by atoms with van der Waals surface area (Å²) in [5.41, 5.74) is 0.752. The summed E-state index contributed by atoms with van der Waals surface area (Å²) in [6.45, 7) is 5.41. The summed E-state index contributed by atoms with van der Waals surface area (Å²) < 4.78 is 10.6. The standard InChI is InChI=1S/C22H26ClNO5/c1-22(2,3)29-21(27)24(4)14-19(25)16-8-10-18(11-9-16)28-20(26)13-15-6-5-7-17(23)12-15/h5-12,19,25H,13-14H2,1-4H3. The van der Waals surface area contributed by atoms with E-state index in [4.69, 9.17) is 21.1 Å². The van der Waals surface area contributed by atoms with E-state index in [0.29, 0.717) is 16.3 Å². The monoisotopic (exact) mass is 419 g/mol. The highest BCUT2D eigenvalue weighted by Gasteiger charge is 2.22. The van der Waals surface area contributed by atoms with Gasteiger partial charge in [-0.15, -0.1) is 0 Å². The maximum atomic E-state index is 12.1. The Hall–Kier alpha value is -2.57. The molecule has 1 unspecified atom stereocenters. The highest BCUT2D eigenvalue weighted by atomic mass is 35.5. The van der Waals surface area contributed by atoms with Gasteiger partial charge in [0.1, 0.15) is 11.4 Å². The van der Waals surface area contributed by atoms with Crippen molar-refractivity contribution in [3.63, 3.8) is 0 Å². The van der Waals surface area contributed by atoms with E-state index in [-0.39, 0.29) is 13.0 Å². The van der Waals surface area contributed by atoms with Crippen molar-refractivity contribution in [2.75, 3.05) is 13.6 Å². The number of hydrogen-bond acceptors (Lipinski definition) is 5. The lowest BCUT2D eigenvalue weighted by atomic mass is 10.1. The summed E-state index contributed by atoms with van der Waals surface area (Å²) >= 11 is 5.91. The number of carbonyl (C=O) groups excluding carboxylic acids is 2. The van der Waals surface area contributed by atoms with Gasteiger partial charge in [0.05, 0.1) is 19.1 Å². The minimum Gasteiger partial charge on any atom is -0.444 e. The van der Waals surface area contributed by atoms with Gasteiger partial charge >= 0.3 is 12.1 Å². The third-order valence-electron chi connectivity index (χ3n) is 3.89. The molecule has 0 aliphatic heterocycles. The quantitative estimate of drug-likeness (QED) is 0.555. The van der Waals surface area contributed by atoms with Gasteiger partial charge in [0, 0.05) is 12.1 Å². The Morgan fingerprint density at radius 1 is 1.14 bits per heavy atom. The molecule has 7 heteroatoms. The molecule has 0 heterocycles. The topological polar surface area (TPSA) is 76.1 Å². The average Bonchev–Trinajstić information content (AvgIpc) is 2.60. The number of benzene rings is 2. The number of hydrogen-bond donors (Lipinski definition) is 1. The highest BCUT2D eigenvalue weighted by Crippen LogP contribution is 2.20. The Bertz CT molecular complexity index is 845. The van der Waals surface area contributed by atoms with Gasteiger partial charge in [-0.2, -0.15) is 0 Å². The number of likely N-dealkylation sites (N-methyl/N-ethyl adjacent to an activating group) is 1. The number of nitrogens with zero attached hydrogens (tertiary/aromatic N) is 1. The van der Waals surface area contributed by atoms with Crippen molar-refractivity contribution in [1.29, 1.82) is 0 Å². The maximum Gasteiger partial charge on any atom is 0.410 e. The number of halogens is 1. The molecule has 2 aromatic carbocycles. The van der Waals surface area contributed by atoms with Crippen LogP contribution >= 0.6 is 11.6 Å². The molecule has 2 aromatic rings. The van der Waals surface area contributed by atoms with Crippen molar-refractivity contribution in [3.05, 3.63) is 64.7 Å². The van der Waals surface area contributed by atoms with Gasteiger partial charge in [-0.3, -0.25) is 4.79 Å². The SMILES string of the molecule is CN(CC(O)c1ccc(OC(=O)Cc2cccc(Cl)c2)cc1)C(=O)OC(C)(C)C. The first-order valence-corrected chi connectivity index (χ1v) is 9.58. The van der Waals surface area contributed by atoms with Crippen LogP contribution in [0.25, 0.3) is 0 Å². The first-order valence-electron chi connectivity index (χ1n) is 9.21. The van der Waals surface area contributed by atoms with Gasteiger partial charge in [0.15, 0.2) is 0 Å². The van der Waals surface area contributed by atoms with Crippen LogP contribution in [-0.4, -0.2) is 41.3 Å². The van der Waals surface area contributed by atoms with Gasteiger partial charge < -0.3 is 19.5 Å².